The molecule has 1 saturated heterocycles. The van der Waals surface area contributed by atoms with Crippen molar-refractivity contribution < 1.29 is 4.42 Å². The first-order valence-corrected chi connectivity index (χ1v) is 8.84. The highest BCUT2D eigenvalue weighted by atomic mass is 32.1. The SMILES string of the molecule is CCN1C(=S)N[C@H](c2ccccn2)[C@H]1c1cccn1Cc1ccco1. The lowest BCUT2D eigenvalue weighted by Gasteiger charge is -2.27. The first-order valence-electron chi connectivity index (χ1n) is 8.43. The van der Waals surface area contributed by atoms with Crippen LogP contribution in [-0.2, 0) is 6.54 Å². The molecule has 0 radical (unpaired) electrons. The summed E-state index contributed by atoms with van der Waals surface area (Å²) >= 11 is 5.59. The van der Waals surface area contributed by atoms with Crippen LogP contribution >= 0.6 is 12.2 Å². The van der Waals surface area contributed by atoms with E-state index in [4.69, 9.17) is 16.6 Å². The van der Waals surface area contributed by atoms with Gasteiger partial charge in [0, 0.05) is 24.6 Å². The van der Waals surface area contributed by atoms with Gasteiger partial charge in [0.05, 0.1) is 30.6 Å². The van der Waals surface area contributed by atoms with E-state index in [1.54, 1.807) is 6.26 Å². The zero-order valence-corrected chi connectivity index (χ0v) is 14.8. The van der Waals surface area contributed by atoms with Crippen molar-refractivity contribution >= 4 is 17.3 Å². The molecule has 0 amide bonds. The molecule has 2 atom stereocenters. The number of nitrogens with zero attached hydrogens (tertiary/aromatic N) is 3. The Morgan fingerprint density at radius 3 is 2.84 bits per heavy atom. The molecule has 1 fully saturated rings. The van der Waals surface area contributed by atoms with E-state index in [9.17, 15) is 0 Å². The van der Waals surface area contributed by atoms with E-state index in [1.165, 1.54) is 5.69 Å². The summed E-state index contributed by atoms with van der Waals surface area (Å²) in [5.74, 6) is 0.934. The normalized spacial score (nSPS) is 20.0. The number of likely N-dealkylation sites (N-methyl/N-ethyl adjacent to an activating group) is 1. The van der Waals surface area contributed by atoms with E-state index in [0.717, 1.165) is 23.1 Å². The van der Waals surface area contributed by atoms with Crippen LogP contribution in [0.5, 0.6) is 0 Å². The molecule has 0 spiro atoms. The van der Waals surface area contributed by atoms with Gasteiger partial charge in [-0.25, -0.2) is 0 Å². The van der Waals surface area contributed by atoms with Crippen molar-refractivity contribution in [3.05, 3.63) is 78.3 Å². The Balaban J connectivity index is 1.73. The third kappa shape index (κ3) is 2.93. The number of thiocarbonyl (C=S) groups is 1. The predicted molar refractivity (Wildman–Crippen MR) is 100 cm³/mol. The van der Waals surface area contributed by atoms with Crippen LogP contribution in [-0.4, -0.2) is 26.1 Å². The quantitative estimate of drug-likeness (QED) is 0.712. The Bertz CT molecular complexity index is 843. The zero-order valence-electron chi connectivity index (χ0n) is 14.0. The second kappa shape index (κ2) is 6.72. The molecule has 6 heteroatoms. The van der Waals surface area contributed by atoms with Crippen LogP contribution in [0.3, 0.4) is 0 Å². The van der Waals surface area contributed by atoms with Gasteiger partial charge in [0.2, 0.25) is 0 Å². The van der Waals surface area contributed by atoms with Crippen LogP contribution in [0.4, 0.5) is 0 Å². The van der Waals surface area contributed by atoms with Gasteiger partial charge in [0.25, 0.3) is 0 Å². The van der Waals surface area contributed by atoms with Crippen molar-refractivity contribution in [2.24, 2.45) is 0 Å². The van der Waals surface area contributed by atoms with Gasteiger partial charge in [0.1, 0.15) is 5.76 Å². The number of hydrogen-bond donors (Lipinski definition) is 1. The van der Waals surface area contributed by atoms with E-state index < -0.39 is 0 Å². The van der Waals surface area contributed by atoms with Gasteiger partial charge in [-0.2, -0.15) is 0 Å². The van der Waals surface area contributed by atoms with E-state index >= 15 is 0 Å². The molecule has 1 N–H and O–H groups in total. The van der Waals surface area contributed by atoms with Crippen LogP contribution in [0.25, 0.3) is 0 Å². The predicted octanol–water partition coefficient (Wildman–Crippen LogP) is 3.52. The van der Waals surface area contributed by atoms with Crippen LogP contribution in [0.1, 0.15) is 36.2 Å². The molecule has 0 unspecified atom stereocenters. The van der Waals surface area contributed by atoms with Gasteiger partial charge in [-0.3, -0.25) is 4.98 Å². The molecular weight excluding hydrogens is 332 g/mol. The molecule has 0 aliphatic carbocycles. The van der Waals surface area contributed by atoms with E-state index in [1.807, 2.05) is 36.5 Å². The molecule has 0 aromatic carbocycles. The fourth-order valence-corrected chi connectivity index (χ4v) is 3.85. The number of aromatic nitrogens is 2. The Hall–Kier alpha value is -2.60. The number of furan rings is 1. The third-order valence-corrected chi connectivity index (χ3v) is 4.96. The molecule has 3 aromatic heterocycles. The second-order valence-electron chi connectivity index (χ2n) is 6.05. The summed E-state index contributed by atoms with van der Waals surface area (Å²) in [6.45, 7) is 3.67. The number of nitrogens with one attached hydrogen (secondary N) is 1. The summed E-state index contributed by atoms with van der Waals surface area (Å²) in [4.78, 5) is 6.78. The van der Waals surface area contributed by atoms with E-state index in [2.05, 4.69) is 45.0 Å². The molecule has 3 aromatic rings. The monoisotopic (exact) mass is 352 g/mol. The summed E-state index contributed by atoms with van der Waals surface area (Å²) < 4.78 is 7.74. The topological polar surface area (TPSA) is 46.2 Å². The molecule has 128 valence electrons. The van der Waals surface area contributed by atoms with Gasteiger partial charge in [0.15, 0.2) is 5.11 Å². The minimum Gasteiger partial charge on any atom is -0.467 e. The number of rotatable bonds is 5. The lowest BCUT2D eigenvalue weighted by Crippen LogP contribution is -2.30. The lowest BCUT2D eigenvalue weighted by atomic mass is 10.0. The molecule has 0 bridgehead atoms. The van der Waals surface area contributed by atoms with Crippen LogP contribution in [0.2, 0.25) is 0 Å². The molecular formula is C19H20N4OS. The van der Waals surface area contributed by atoms with Gasteiger partial charge in [-0.05, 0) is 55.5 Å². The largest absolute Gasteiger partial charge is 0.467 e. The lowest BCUT2D eigenvalue weighted by molar-refractivity contribution is 0.314. The van der Waals surface area contributed by atoms with Crippen molar-refractivity contribution in [2.45, 2.75) is 25.6 Å². The van der Waals surface area contributed by atoms with Crippen LogP contribution in [0.15, 0.2) is 65.5 Å². The van der Waals surface area contributed by atoms with E-state index in [-0.39, 0.29) is 12.1 Å². The molecule has 5 nitrogen and oxygen atoms in total. The maximum atomic E-state index is 5.59. The maximum Gasteiger partial charge on any atom is 0.170 e. The average Bonchev–Trinajstić information content (AvgIpc) is 3.36. The standard InChI is InChI=1S/C19H20N4OS/c1-2-23-18(17(21-19(23)25)15-8-3-4-10-20-15)16-9-5-11-22(16)13-14-7-6-12-24-14/h3-12,17-18H,2,13H2,1H3,(H,21,25)/t17-,18-/m1/s1. The number of pyridine rings is 1. The smallest absolute Gasteiger partial charge is 0.170 e. The Morgan fingerprint density at radius 1 is 1.20 bits per heavy atom. The number of hydrogen-bond acceptors (Lipinski definition) is 3. The van der Waals surface area contributed by atoms with Crippen molar-refractivity contribution in [1.82, 2.24) is 19.8 Å². The van der Waals surface area contributed by atoms with Gasteiger partial charge < -0.3 is 19.2 Å². The van der Waals surface area contributed by atoms with Crippen molar-refractivity contribution in [3.63, 3.8) is 0 Å². The Labute approximate surface area is 152 Å². The summed E-state index contributed by atoms with van der Waals surface area (Å²) in [5, 5.41) is 4.23. The van der Waals surface area contributed by atoms with Crippen molar-refractivity contribution in [3.8, 4) is 0 Å². The van der Waals surface area contributed by atoms with Gasteiger partial charge >= 0.3 is 0 Å². The van der Waals surface area contributed by atoms with Crippen LogP contribution in [0, 0.1) is 0 Å². The minimum absolute atomic E-state index is 0.0268. The summed E-state index contributed by atoms with van der Waals surface area (Å²) in [6.07, 6.45) is 5.62. The fraction of sp³-hybridized carbons (Fsp3) is 0.263. The van der Waals surface area contributed by atoms with Crippen LogP contribution < -0.4 is 5.32 Å². The minimum atomic E-state index is 0.0268. The molecule has 4 rings (SSSR count). The summed E-state index contributed by atoms with van der Waals surface area (Å²) in [7, 11) is 0. The highest BCUT2D eigenvalue weighted by Crippen LogP contribution is 2.38. The highest BCUT2D eigenvalue weighted by Gasteiger charge is 2.40. The molecule has 4 heterocycles. The molecule has 25 heavy (non-hydrogen) atoms. The molecule has 0 saturated carbocycles. The van der Waals surface area contributed by atoms with Crippen molar-refractivity contribution in [1.29, 1.82) is 0 Å². The maximum absolute atomic E-state index is 5.59. The average molecular weight is 352 g/mol. The first kappa shape index (κ1) is 15.9. The van der Waals surface area contributed by atoms with Gasteiger partial charge in [-0.1, -0.05) is 6.07 Å². The van der Waals surface area contributed by atoms with E-state index in [0.29, 0.717) is 6.54 Å². The summed E-state index contributed by atoms with van der Waals surface area (Å²) in [6, 6.07) is 14.3. The molecule has 1 aliphatic heterocycles. The second-order valence-corrected chi connectivity index (χ2v) is 6.44. The third-order valence-electron chi connectivity index (χ3n) is 4.61. The van der Waals surface area contributed by atoms with Crippen molar-refractivity contribution in [2.75, 3.05) is 6.54 Å². The molecule has 1 aliphatic rings. The first-order chi connectivity index (χ1) is 12.3. The Morgan fingerprint density at radius 2 is 2.12 bits per heavy atom. The zero-order chi connectivity index (χ0) is 17.2. The van der Waals surface area contributed by atoms with Gasteiger partial charge in [-0.15, -0.1) is 0 Å². The highest BCUT2D eigenvalue weighted by molar-refractivity contribution is 7.80. The summed E-state index contributed by atoms with van der Waals surface area (Å²) in [5.41, 5.74) is 2.19. The fourth-order valence-electron chi connectivity index (χ4n) is 3.48. The Kier molecular flexibility index (Phi) is 4.28.